The van der Waals surface area contributed by atoms with Gasteiger partial charge in [0.25, 0.3) is 0 Å². The molecule has 1 aromatic carbocycles. The molecule has 2 aromatic rings. The van der Waals surface area contributed by atoms with E-state index >= 15 is 0 Å². The second-order valence-corrected chi connectivity index (χ2v) is 6.68. The van der Waals surface area contributed by atoms with Crippen molar-refractivity contribution in [2.75, 3.05) is 6.79 Å². The van der Waals surface area contributed by atoms with Crippen LogP contribution in [0.25, 0.3) is 11.3 Å². The SMILES string of the molecule is NC1(c2nc(-c3ccc4c(c3)OCO4)cs2)CCCCC1. The van der Waals surface area contributed by atoms with Gasteiger partial charge in [-0.05, 0) is 31.0 Å². The quantitative estimate of drug-likeness (QED) is 0.920. The summed E-state index contributed by atoms with van der Waals surface area (Å²) in [5, 5.41) is 3.16. The first-order chi connectivity index (χ1) is 10.2. The van der Waals surface area contributed by atoms with Gasteiger partial charge in [-0.2, -0.15) is 0 Å². The van der Waals surface area contributed by atoms with E-state index in [0.717, 1.165) is 40.6 Å². The van der Waals surface area contributed by atoms with Crippen molar-refractivity contribution in [1.82, 2.24) is 4.98 Å². The van der Waals surface area contributed by atoms with E-state index in [4.69, 9.17) is 20.2 Å². The highest BCUT2D eigenvalue weighted by atomic mass is 32.1. The molecule has 0 spiro atoms. The molecule has 2 heterocycles. The van der Waals surface area contributed by atoms with Gasteiger partial charge in [-0.1, -0.05) is 19.3 Å². The van der Waals surface area contributed by atoms with Crippen LogP contribution in [0, 0.1) is 0 Å². The maximum absolute atomic E-state index is 6.57. The summed E-state index contributed by atoms with van der Waals surface area (Å²) in [7, 11) is 0. The van der Waals surface area contributed by atoms with Crippen LogP contribution < -0.4 is 15.2 Å². The zero-order chi connectivity index (χ0) is 14.3. The zero-order valence-electron chi connectivity index (χ0n) is 11.8. The topological polar surface area (TPSA) is 57.4 Å². The van der Waals surface area contributed by atoms with E-state index in [0.29, 0.717) is 6.79 Å². The predicted molar refractivity (Wildman–Crippen MR) is 82.6 cm³/mol. The molecule has 110 valence electrons. The van der Waals surface area contributed by atoms with Gasteiger partial charge in [0.15, 0.2) is 11.5 Å². The van der Waals surface area contributed by atoms with Crippen LogP contribution in [-0.4, -0.2) is 11.8 Å². The minimum atomic E-state index is -0.225. The number of benzene rings is 1. The second kappa shape index (κ2) is 5.00. The van der Waals surface area contributed by atoms with Crippen molar-refractivity contribution in [2.24, 2.45) is 5.73 Å². The number of fused-ring (bicyclic) bond motifs is 1. The summed E-state index contributed by atoms with van der Waals surface area (Å²) in [6.45, 7) is 0.299. The first-order valence-corrected chi connectivity index (χ1v) is 8.27. The second-order valence-electron chi connectivity index (χ2n) is 5.82. The summed E-state index contributed by atoms with van der Waals surface area (Å²) in [6.07, 6.45) is 5.78. The number of hydrogen-bond donors (Lipinski definition) is 1. The molecule has 4 rings (SSSR count). The molecule has 21 heavy (non-hydrogen) atoms. The fourth-order valence-electron chi connectivity index (χ4n) is 3.09. The number of ether oxygens (including phenoxy) is 2. The summed E-state index contributed by atoms with van der Waals surface area (Å²) >= 11 is 1.67. The lowest BCUT2D eigenvalue weighted by Crippen LogP contribution is -2.38. The number of hydrogen-bond acceptors (Lipinski definition) is 5. The molecule has 0 bridgehead atoms. The van der Waals surface area contributed by atoms with Crippen LogP contribution in [0.5, 0.6) is 11.5 Å². The summed E-state index contributed by atoms with van der Waals surface area (Å²) in [5.41, 5.74) is 8.37. The molecule has 1 fully saturated rings. The largest absolute Gasteiger partial charge is 0.454 e. The van der Waals surface area contributed by atoms with Gasteiger partial charge < -0.3 is 15.2 Å². The fourth-order valence-corrected chi connectivity index (χ4v) is 4.09. The molecule has 0 unspecified atom stereocenters. The van der Waals surface area contributed by atoms with E-state index < -0.39 is 0 Å². The average Bonchev–Trinajstić information content (AvgIpc) is 3.17. The van der Waals surface area contributed by atoms with Crippen molar-refractivity contribution < 1.29 is 9.47 Å². The van der Waals surface area contributed by atoms with E-state index in [-0.39, 0.29) is 5.54 Å². The van der Waals surface area contributed by atoms with E-state index in [1.54, 1.807) is 11.3 Å². The van der Waals surface area contributed by atoms with E-state index in [9.17, 15) is 0 Å². The maximum atomic E-state index is 6.57. The lowest BCUT2D eigenvalue weighted by atomic mass is 9.83. The van der Waals surface area contributed by atoms with Gasteiger partial charge in [0.2, 0.25) is 6.79 Å². The lowest BCUT2D eigenvalue weighted by Gasteiger charge is -2.31. The Balaban J connectivity index is 1.65. The molecule has 5 heteroatoms. The Morgan fingerprint density at radius 3 is 2.76 bits per heavy atom. The summed E-state index contributed by atoms with van der Waals surface area (Å²) < 4.78 is 10.8. The summed E-state index contributed by atoms with van der Waals surface area (Å²) in [4.78, 5) is 4.80. The molecule has 0 amide bonds. The highest BCUT2D eigenvalue weighted by Gasteiger charge is 2.32. The van der Waals surface area contributed by atoms with E-state index in [1.807, 2.05) is 18.2 Å². The highest BCUT2D eigenvalue weighted by Crippen LogP contribution is 2.39. The number of thiazole rings is 1. The molecule has 2 aliphatic rings. The smallest absolute Gasteiger partial charge is 0.231 e. The van der Waals surface area contributed by atoms with Gasteiger partial charge in [0, 0.05) is 10.9 Å². The van der Waals surface area contributed by atoms with E-state index in [1.165, 1.54) is 19.3 Å². The molecule has 1 aliphatic heterocycles. The Morgan fingerprint density at radius 1 is 1.10 bits per heavy atom. The van der Waals surface area contributed by atoms with Crippen LogP contribution in [0.3, 0.4) is 0 Å². The Morgan fingerprint density at radius 2 is 1.90 bits per heavy atom. The maximum Gasteiger partial charge on any atom is 0.231 e. The number of nitrogens with two attached hydrogens (primary N) is 1. The van der Waals surface area contributed by atoms with Gasteiger partial charge in [0.1, 0.15) is 5.01 Å². The van der Waals surface area contributed by atoms with Crippen LogP contribution in [0.15, 0.2) is 23.6 Å². The van der Waals surface area contributed by atoms with Crippen molar-refractivity contribution in [3.8, 4) is 22.8 Å². The Kier molecular flexibility index (Phi) is 3.12. The summed E-state index contributed by atoms with van der Waals surface area (Å²) in [6, 6.07) is 5.96. The molecular weight excluding hydrogens is 284 g/mol. The number of rotatable bonds is 2. The monoisotopic (exact) mass is 302 g/mol. The van der Waals surface area contributed by atoms with E-state index in [2.05, 4.69) is 5.38 Å². The van der Waals surface area contributed by atoms with Gasteiger partial charge in [-0.25, -0.2) is 4.98 Å². The number of aromatic nitrogens is 1. The average molecular weight is 302 g/mol. The molecule has 0 radical (unpaired) electrons. The third-order valence-electron chi connectivity index (χ3n) is 4.34. The normalized spacial score (nSPS) is 19.7. The van der Waals surface area contributed by atoms with Crippen molar-refractivity contribution in [1.29, 1.82) is 0 Å². The molecular formula is C16H18N2O2S. The van der Waals surface area contributed by atoms with Crippen molar-refractivity contribution in [3.05, 3.63) is 28.6 Å². The molecule has 2 N–H and O–H groups in total. The first-order valence-electron chi connectivity index (χ1n) is 7.40. The minimum Gasteiger partial charge on any atom is -0.454 e. The molecule has 0 atom stereocenters. The van der Waals surface area contributed by atoms with Crippen LogP contribution in [0.4, 0.5) is 0 Å². The summed E-state index contributed by atoms with van der Waals surface area (Å²) in [5.74, 6) is 1.60. The molecule has 4 nitrogen and oxygen atoms in total. The third-order valence-corrected chi connectivity index (χ3v) is 5.41. The van der Waals surface area contributed by atoms with Gasteiger partial charge in [-0.15, -0.1) is 11.3 Å². The molecule has 0 saturated heterocycles. The zero-order valence-corrected chi connectivity index (χ0v) is 12.6. The lowest BCUT2D eigenvalue weighted by molar-refractivity contribution is 0.174. The van der Waals surface area contributed by atoms with Crippen LogP contribution in [0.2, 0.25) is 0 Å². The van der Waals surface area contributed by atoms with Crippen molar-refractivity contribution in [2.45, 2.75) is 37.6 Å². The van der Waals surface area contributed by atoms with Crippen LogP contribution in [-0.2, 0) is 5.54 Å². The standard InChI is InChI=1S/C16H18N2O2S/c17-16(6-2-1-3-7-16)15-18-12(9-21-15)11-4-5-13-14(8-11)20-10-19-13/h4-5,8-9H,1-3,6-7,10,17H2. The molecule has 1 saturated carbocycles. The highest BCUT2D eigenvalue weighted by molar-refractivity contribution is 7.10. The Labute approximate surface area is 127 Å². The Bertz CT molecular complexity index is 662. The van der Waals surface area contributed by atoms with Gasteiger partial charge in [-0.3, -0.25) is 0 Å². The fraction of sp³-hybridized carbons (Fsp3) is 0.438. The van der Waals surface area contributed by atoms with Crippen LogP contribution >= 0.6 is 11.3 Å². The molecule has 1 aliphatic carbocycles. The first kappa shape index (κ1) is 13.1. The van der Waals surface area contributed by atoms with Crippen LogP contribution in [0.1, 0.15) is 37.1 Å². The third kappa shape index (κ3) is 2.30. The Hall–Kier alpha value is -1.59. The van der Waals surface area contributed by atoms with Crippen molar-refractivity contribution >= 4 is 11.3 Å². The predicted octanol–water partition coefficient (Wildman–Crippen LogP) is 3.66. The number of nitrogens with zero attached hydrogens (tertiary/aromatic N) is 1. The molecule has 1 aromatic heterocycles. The van der Waals surface area contributed by atoms with Crippen molar-refractivity contribution in [3.63, 3.8) is 0 Å². The minimum absolute atomic E-state index is 0.225. The van der Waals surface area contributed by atoms with Gasteiger partial charge >= 0.3 is 0 Å². The van der Waals surface area contributed by atoms with Gasteiger partial charge in [0.05, 0.1) is 11.2 Å².